The molecule has 4 nitrogen and oxygen atoms in total. The summed E-state index contributed by atoms with van der Waals surface area (Å²) in [5.74, 6) is 0.281. The number of hydrogen-bond donors (Lipinski definition) is 1. The highest BCUT2D eigenvalue weighted by atomic mass is 35.5. The third-order valence-electron chi connectivity index (χ3n) is 2.45. The Bertz CT molecular complexity index is 595. The van der Waals surface area contributed by atoms with E-state index in [1.165, 1.54) is 17.4 Å². The molecule has 0 aliphatic heterocycles. The van der Waals surface area contributed by atoms with E-state index in [1.54, 1.807) is 25.3 Å². The van der Waals surface area contributed by atoms with Crippen LogP contribution in [0.4, 0.5) is 14.5 Å². The summed E-state index contributed by atoms with van der Waals surface area (Å²) in [6.07, 6.45) is 1.68. The highest BCUT2D eigenvalue weighted by molar-refractivity contribution is 7.15. The van der Waals surface area contributed by atoms with E-state index >= 15 is 0 Å². The first kappa shape index (κ1) is 15.8. The molecule has 2 aromatic rings. The van der Waals surface area contributed by atoms with Gasteiger partial charge in [0.05, 0.1) is 13.2 Å². The summed E-state index contributed by atoms with van der Waals surface area (Å²) < 4.78 is 34.8. The highest BCUT2D eigenvalue weighted by Gasteiger charge is 2.11. The fourth-order valence-electron chi connectivity index (χ4n) is 1.63. The number of halogens is 3. The van der Waals surface area contributed by atoms with Crippen LogP contribution in [0.25, 0.3) is 0 Å². The molecule has 1 aromatic heterocycles. The molecule has 0 aliphatic carbocycles. The van der Waals surface area contributed by atoms with Gasteiger partial charge in [0.15, 0.2) is 16.0 Å². The molecule has 0 radical (unpaired) electrons. The van der Waals surface area contributed by atoms with E-state index in [1.807, 2.05) is 0 Å². The van der Waals surface area contributed by atoms with E-state index in [2.05, 4.69) is 15.0 Å². The SMILES string of the molecule is CCOc1cc(NCc2cnc(Cl)s2)ccc1OC(F)F. The lowest BCUT2D eigenvalue weighted by Crippen LogP contribution is -2.05. The van der Waals surface area contributed by atoms with Crippen molar-refractivity contribution >= 4 is 28.6 Å². The quantitative estimate of drug-likeness (QED) is 0.814. The Balaban J connectivity index is 2.07. The van der Waals surface area contributed by atoms with Gasteiger partial charge in [-0.15, -0.1) is 11.3 Å². The molecule has 21 heavy (non-hydrogen) atoms. The Morgan fingerprint density at radius 3 is 2.81 bits per heavy atom. The third kappa shape index (κ3) is 4.71. The second-order valence-electron chi connectivity index (χ2n) is 3.91. The Morgan fingerprint density at radius 1 is 1.38 bits per heavy atom. The average Bonchev–Trinajstić information content (AvgIpc) is 2.84. The van der Waals surface area contributed by atoms with Gasteiger partial charge in [0.1, 0.15) is 0 Å². The van der Waals surface area contributed by atoms with Gasteiger partial charge in [-0.05, 0) is 19.1 Å². The summed E-state index contributed by atoms with van der Waals surface area (Å²) in [5.41, 5.74) is 0.726. The van der Waals surface area contributed by atoms with Gasteiger partial charge in [0.2, 0.25) is 0 Å². The Kier molecular flexibility index (Phi) is 5.58. The van der Waals surface area contributed by atoms with Gasteiger partial charge in [0.25, 0.3) is 0 Å². The number of nitrogens with zero attached hydrogens (tertiary/aromatic N) is 1. The van der Waals surface area contributed by atoms with Crippen LogP contribution in [0.2, 0.25) is 4.47 Å². The van der Waals surface area contributed by atoms with Crippen LogP contribution in [-0.2, 0) is 6.54 Å². The largest absolute Gasteiger partial charge is 0.490 e. The van der Waals surface area contributed by atoms with Gasteiger partial charge in [-0.25, -0.2) is 4.98 Å². The van der Waals surface area contributed by atoms with E-state index in [9.17, 15) is 8.78 Å². The summed E-state index contributed by atoms with van der Waals surface area (Å²) in [5, 5.41) is 3.14. The molecule has 0 unspecified atom stereocenters. The molecule has 0 fully saturated rings. The molecule has 0 saturated carbocycles. The number of ether oxygens (including phenoxy) is 2. The maximum atomic E-state index is 12.3. The zero-order valence-corrected chi connectivity index (χ0v) is 12.7. The first-order valence-corrected chi connectivity index (χ1v) is 7.33. The van der Waals surface area contributed by atoms with Crippen LogP contribution in [-0.4, -0.2) is 18.2 Å². The minimum atomic E-state index is -2.89. The molecule has 114 valence electrons. The van der Waals surface area contributed by atoms with Crippen LogP contribution in [0.15, 0.2) is 24.4 Å². The van der Waals surface area contributed by atoms with Crippen molar-refractivity contribution < 1.29 is 18.3 Å². The predicted molar refractivity (Wildman–Crippen MR) is 78.7 cm³/mol. The molecule has 1 aromatic carbocycles. The van der Waals surface area contributed by atoms with Crippen LogP contribution < -0.4 is 14.8 Å². The molecular weight excluding hydrogens is 322 g/mol. The number of hydrogen-bond acceptors (Lipinski definition) is 5. The monoisotopic (exact) mass is 334 g/mol. The molecule has 0 saturated heterocycles. The molecule has 1 heterocycles. The molecule has 1 N–H and O–H groups in total. The van der Waals surface area contributed by atoms with E-state index in [0.29, 0.717) is 17.6 Å². The van der Waals surface area contributed by atoms with Crippen molar-refractivity contribution in [2.24, 2.45) is 0 Å². The lowest BCUT2D eigenvalue weighted by Gasteiger charge is -2.13. The minimum absolute atomic E-state index is 0.0123. The average molecular weight is 335 g/mol. The van der Waals surface area contributed by atoms with Gasteiger partial charge >= 0.3 is 6.61 Å². The van der Waals surface area contributed by atoms with Gasteiger partial charge in [-0.2, -0.15) is 8.78 Å². The van der Waals surface area contributed by atoms with Crippen molar-refractivity contribution in [3.8, 4) is 11.5 Å². The van der Waals surface area contributed by atoms with Crippen molar-refractivity contribution in [3.63, 3.8) is 0 Å². The van der Waals surface area contributed by atoms with Crippen LogP contribution in [0.1, 0.15) is 11.8 Å². The lowest BCUT2D eigenvalue weighted by atomic mass is 10.2. The first-order chi connectivity index (χ1) is 10.1. The third-order valence-corrected chi connectivity index (χ3v) is 3.57. The van der Waals surface area contributed by atoms with Gasteiger partial charge in [-0.3, -0.25) is 0 Å². The molecule has 0 aliphatic rings. The Labute approximate surface area is 129 Å². The first-order valence-electron chi connectivity index (χ1n) is 6.14. The molecule has 0 spiro atoms. The van der Waals surface area contributed by atoms with E-state index < -0.39 is 6.61 Å². The van der Waals surface area contributed by atoms with E-state index in [4.69, 9.17) is 16.3 Å². The standard InChI is InChI=1S/C13H13ClF2N2O2S/c1-2-19-11-5-8(3-4-10(11)20-13(15)16)17-6-9-7-18-12(14)21-9/h3-5,7,13,17H,2,6H2,1H3. The topological polar surface area (TPSA) is 43.4 Å². The number of benzene rings is 1. The molecule has 8 heteroatoms. The Morgan fingerprint density at radius 2 is 2.19 bits per heavy atom. The maximum absolute atomic E-state index is 12.3. The molecule has 2 rings (SSSR count). The second kappa shape index (κ2) is 7.42. The number of aromatic nitrogens is 1. The summed E-state index contributed by atoms with van der Waals surface area (Å²) in [4.78, 5) is 4.90. The lowest BCUT2D eigenvalue weighted by molar-refractivity contribution is -0.0514. The maximum Gasteiger partial charge on any atom is 0.387 e. The second-order valence-corrected chi connectivity index (χ2v) is 5.60. The molecule has 0 amide bonds. The zero-order valence-electron chi connectivity index (χ0n) is 11.1. The Hall–Kier alpha value is -1.60. The summed E-state index contributed by atoms with van der Waals surface area (Å²) in [7, 11) is 0. The van der Waals surface area contributed by atoms with Crippen molar-refractivity contribution in [2.45, 2.75) is 20.1 Å². The van der Waals surface area contributed by atoms with E-state index in [0.717, 1.165) is 10.6 Å². The minimum Gasteiger partial charge on any atom is -0.490 e. The van der Waals surface area contributed by atoms with Crippen LogP contribution in [0, 0.1) is 0 Å². The van der Waals surface area contributed by atoms with Crippen molar-refractivity contribution in [1.82, 2.24) is 4.98 Å². The fraction of sp³-hybridized carbons (Fsp3) is 0.308. The van der Waals surface area contributed by atoms with E-state index in [-0.39, 0.29) is 11.5 Å². The number of alkyl halides is 2. The molecule has 0 atom stereocenters. The number of anilines is 1. The van der Waals surface area contributed by atoms with Gasteiger partial charge in [0, 0.05) is 22.8 Å². The van der Waals surface area contributed by atoms with Crippen LogP contribution >= 0.6 is 22.9 Å². The highest BCUT2D eigenvalue weighted by Crippen LogP contribution is 2.32. The summed E-state index contributed by atoms with van der Waals surface area (Å²) in [6, 6.07) is 4.70. The van der Waals surface area contributed by atoms with Crippen molar-refractivity contribution in [2.75, 3.05) is 11.9 Å². The van der Waals surface area contributed by atoms with Gasteiger partial charge < -0.3 is 14.8 Å². The zero-order chi connectivity index (χ0) is 15.2. The number of thiazole rings is 1. The smallest absolute Gasteiger partial charge is 0.387 e. The molecular formula is C13H13ClF2N2O2S. The summed E-state index contributed by atoms with van der Waals surface area (Å²) >= 11 is 7.12. The predicted octanol–water partition coefficient (Wildman–Crippen LogP) is 4.41. The van der Waals surface area contributed by atoms with Gasteiger partial charge in [-0.1, -0.05) is 11.6 Å². The fourth-order valence-corrected chi connectivity index (χ4v) is 2.55. The van der Waals surface area contributed by atoms with Crippen LogP contribution in [0.3, 0.4) is 0 Å². The van der Waals surface area contributed by atoms with Crippen molar-refractivity contribution in [3.05, 3.63) is 33.7 Å². The summed E-state index contributed by atoms with van der Waals surface area (Å²) in [6.45, 7) is -0.230. The van der Waals surface area contributed by atoms with Crippen LogP contribution in [0.5, 0.6) is 11.5 Å². The van der Waals surface area contributed by atoms with Crippen molar-refractivity contribution in [1.29, 1.82) is 0 Å². The molecule has 0 bridgehead atoms. The number of nitrogens with one attached hydrogen (secondary N) is 1. The number of rotatable bonds is 7. The normalized spacial score (nSPS) is 10.7.